The summed E-state index contributed by atoms with van der Waals surface area (Å²) in [5.41, 5.74) is 5.00. The Morgan fingerprint density at radius 3 is 1.61 bits per heavy atom. The van der Waals surface area contributed by atoms with Gasteiger partial charge in [-0.3, -0.25) is 0 Å². The van der Waals surface area contributed by atoms with Crippen LogP contribution in [0, 0.1) is 0 Å². The molecule has 2 heterocycles. The molecule has 0 fully saturated rings. The highest BCUT2D eigenvalue weighted by atomic mass is 32.2. The van der Waals surface area contributed by atoms with E-state index in [1.165, 1.54) is 36.0 Å². The van der Waals surface area contributed by atoms with E-state index >= 15 is 0 Å². The molecular weight excluding hydrogens is 561 g/mol. The van der Waals surface area contributed by atoms with E-state index < -0.39 is 9.84 Å². The Kier molecular flexibility index (Phi) is 10.0. The van der Waals surface area contributed by atoms with Gasteiger partial charge in [-0.1, -0.05) is 129 Å². The second kappa shape index (κ2) is 13.0. The van der Waals surface area contributed by atoms with Gasteiger partial charge < -0.3 is 0 Å². The SMILES string of the molecule is CCCCCCCCS(=O)(=O)c1cc(-c2ccc(C(C)(C)C)cc2)sc1-c1ccc(-c2ccc(C(C)(C)C)cc2)s1. The largest absolute Gasteiger partial charge is 0.224 e. The van der Waals surface area contributed by atoms with Gasteiger partial charge in [0.05, 0.1) is 15.5 Å². The number of hydrogen-bond donors (Lipinski definition) is 0. The van der Waals surface area contributed by atoms with Crippen LogP contribution in [0.4, 0.5) is 0 Å². The van der Waals surface area contributed by atoms with Gasteiger partial charge in [-0.25, -0.2) is 8.42 Å². The van der Waals surface area contributed by atoms with Gasteiger partial charge >= 0.3 is 0 Å². The molecule has 0 N–H and O–H groups in total. The smallest absolute Gasteiger partial charge is 0.179 e. The van der Waals surface area contributed by atoms with Gasteiger partial charge in [-0.15, -0.1) is 22.7 Å². The van der Waals surface area contributed by atoms with Crippen LogP contribution in [0.25, 0.3) is 30.6 Å². The summed E-state index contributed by atoms with van der Waals surface area (Å²) in [6.07, 6.45) is 6.38. The molecule has 0 aliphatic rings. The lowest BCUT2D eigenvalue weighted by atomic mass is 9.86. The van der Waals surface area contributed by atoms with Crippen molar-refractivity contribution in [1.29, 1.82) is 0 Å². The summed E-state index contributed by atoms with van der Waals surface area (Å²) in [5, 5.41) is 0. The van der Waals surface area contributed by atoms with E-state index in [0.29, 0.717) is 11.3 Å². The molecule has 0 amide bonds. The maximum atomic E-state index is 13.8. The second-order valence-electron chi connectivity index (χ2n) is 13.2. The highest BCUT2D eigenvalue weighted by Crippen LogP contribution is 2.45. The molecule has 0 radical (unpaired) electrons. The van der Waals surface area contributed by atoms with Gasteiger partial charge in [0.15, 0.2) is 9.84 Å². The summed E-state index contributed by atoms with van der Waals surface area (Å²) in [6.45, 7) is 15.5. The van der Waals surface area contributed by atoms with Crippen LogP contribution in [-0.2, 0) is 20.7 Å². The first kappa shape index (κ1) is 31.7. The molecule has 41 heavy (non-hydrogen) atoms. The number of hydrogen-bond acceptors (Lipinski definition) is 4. The summed E-state index contributed by atoms with van der Waals surface area (Å²) in [5.74, 6) is 0.206. The van der Waals surface area contributed by atoms with Crippen LogP contribution in [0.5, 0.6) is 0 Å². The van der Waals surface area contributed by atoms with Crippen molar-refractivity contribution in [1.82, 2.24) is 0 Å². The summed E-state index contributed by atoms with van der Waals surface area (Å²) < 4.78 is 27.5. The number of unbranched alkanes of at least 4 members (excludes halogenated alkanes) is 5. The number of thiophene rings is 2. The molecule has 2 aromatic heterocycles. The van der Waals surface area contributed by atoms with E-state index in [1.807, 2.05) is 6.07 Å². The number of rotatable bonds is 11. The molecule has 0 atom stereocenters. The Morgan fingerprint density at radius 2 is 1.07 bits per heavy atom. The molecule has 220 valence electrons. The minimum Gasteiger partial charge on any atom is -0.224 e. The van der Waals surface area contributed by atoms with Gasteiger partial charge in [0.25, 0.3) is 0 Å². The summed E-state index contributed by atoms with van der Waals surface area (Å²) in [7, 11) is -3.41. The summed E-state index contributed by atoms with van der Waals surface area (Å²) in [6, 6.07) is 23.5. The van der Waals surface area contributed by atoms with Crippen LogP contribution < -0.4 is 0 Å². The predicted octanol–water partition coefficient (Wildman–Crippen LogP) is 11.5. The first-order valence-corrected chi connectivity index (χ1v) is 18.3. The minimum atomic E-state index is -3.41. The van der Waals surface area contributed by atoms with E-state index in [2.05, 4.69) is 109 Å². The zero-order chi connectivity index (χ0) is 29.8. The second-order valence-corrected chi connectivity index (χ2v) is 17.4. The lowest BCUT2D eigenvalue weighted by Crippen LogP contribution is -2.10. The van der Waals surface area contributed by atoms with Crippen molar-refractivity contribution >= 4 is 32.5 Å². The third-order valence-electron chi connectivity index (χ3n) is 7.70. The van der Waals surface area contributed by atoms with Crippen LogP contribution in [0.3, 0.4) is 0 Å². The topological polar surface area (TPSA) is 34.1 Å². The average molecular weight is 607 g/mol. The Balaban J connectivity index is 1.68. The third kappa shape index (κ3) is 8.00. The zero-order valence-electron chi connectivity index (χ0n) is 25.8. The normalized spacial score (nSPS) is 12.7. The van der Waals surface area contributed by atoms with Gasteiger partial charge in [-0.2, -0.15) is 0 Å². The fourth-order valence-electron chi connectivity index (χ4n) is 4.99. The zero-order valence-corrected chi connectivity index (χ0v) is 28.3. The molecule has 2 nitrogen and oxygen atoms in total. The van der Waals surface area contributed by atoms with Crippen molar-refractivity contribution in [3.63, 3.8) is 0 Å². The van der Waals surface area contributed by atoms with E-state index in [9.17, 15) is 8.42 Å². The van der Waals surface area contributed by atoms with Crippen molar-refractivity contribution in [2.24, 2.45) is 0 Å². The molecule has 2 aromatic carbocycles. The van der Waals surface area contributed by atoms with Gasteiger partial charge in [0.2, 0.25) is 0 Å². The fraction of sp³-hybridized carbons (Fsp3) is 0.444. The Bertz CT molecular complexity index is 1520. The fourth-order valence-corrected chi connectivity index (χ4v) is 9.32. The molecule has 5 heteroatoms. The maximum Gasteiger partial charge on any atom is 0.179 e. The molecule has 0 unspecified atom stereocenters. The van der Waals surface area contributed by atoms with E-state index in [0.717, 1.165) is 37.9 Å². The highest BCUT2D eigenvalue weighted by molar-refractivity contribution is 7.91. The highest BCUT2D eigenvalue weighted by Gasteiger charge is 2.25. The van der Waals surface area contributed by atoms with E-state index in [4.69, 9.17) is 0 Å². The summed E-state index contributed by atoms with van der Waals surface area (Å²) >= 11 is 3.28. The van der Waals surface area contributed by atoms with Crippen molar-refractivity contribution in [3.8, 4) is 30.6 Å². The van der Waals surface area contributed by atoms with Crippen LogP contribution >= 0.6 is 22.7 Å². The molecule has 4 aromatic rings. The molecule has 0 saturated heterocycles. The van der Waals surface area contributed by atoms with Crippen LogP contribution in [0.1, 0.15) is 98.1 Å². The Morgan fingerprint density at radius 1 is 0.585 bits per heavy atom. The number of sulfone groups is 1. The van der Waals surface area contributed by atoms with Crippen molar-refractivity contribution in [2.75, 3.05) is 5.75 Å². The van der Waals surface area contributed by atoms with Gasteiger partial charge in [-0.05, 0) is 57.7 Å². The van der Waals surface area contributed by atoms with Gasteiger partial charge in [0.1, 0.15) is 0 Å². The first-order valence-electron chi connectivity index (χ1n) is 15.0. The molecule has 4 rings (SSSR count). The molecule has 0 bridgehead atoms. The maximum absolute atomic E-state index is 13.8. The molecular formula is C36H46O2S3. The van der Waals surface area contributed by atoms with Crippen molar-refractivity contribution in [3.05, 3.63) is 77.9 Å². The van der Waals surface area contributed by atoms with Crippen molar-refractivity contribution in [2.45, 2.75) is 103 Å². The van der Waals surface area contributed by atoms with Gasteiger partial charge in [0, 0.05) is 14.6 Å². The van der Waals surface area contributed by atoms with Crippen LogP contribution in [0.15, 0.2) is 71.6 Å². The monoisotopic (exact) mass is 606 g/mol. The minimum absolute atomic E-state index is 0.0726. The van der Waals surface area contributed by atoms with Crippen LogP contribution in [0.2, 0.25) is 0 Å². The van der Waals surface area contributed by atoms with E-state index in [-0.39, 0.29) is 16.6 Å². The third-order valence-corrected chi connectivity index (χ3v) is 12.1. The number of benzene rings is 2. The molecule has 0 spiro atoms. The van der Waals surface area contributed by atoms with Crippen LogP contribution in [-0.4, -0.2) is 14.2 Å². The molecule has 0 aliphatic heterocycles. The molecule has 0 aliphatic carbocycles. The summed E-state index contributed by atoms with van der Waals surface area (Å²) in [4.78, 5) is 4.54. The first-order chi connectivity index (χ1) is 19.3. The Labute approximate surface area is 256 Å². The lowest BCUT2D eigenvalue weighted by molar-refractivity contribution is 0.584. The quantitative estimate of drug-likeness (QED) is 0.159. The standard InChI is InChI=1S/C36H46O2S3/c1-8-9-10-11-12-13-24-41(37,38)33-25-32(27-16-20-29(21-17-27)36(5,6)7)40-34(33)31-23-22-30(39-31)26-14-18-28(19-15-26)35(2,3)4/h14-23,25H,8-13,24H2,1-7H3. The average Bonchev–Trinajstić information content (AvgIpc) is 3.58. The van der Waals surface area contributed by atoms with E-state index in [1.54, 1.807) is 22.7 Å². The predicted molar refractivity (Wildman–Crippen MR) is 181 cm³/mol. The lowest BCUT2D eigenvalue weighted by Gasteiger charge is -2.19. The molecule has 0 saturated carbocycles. The van der Waals surface area contributed by atoms with Crippen molar-refractivity contribution < 1.29 is 8.42 Å². The Hall–Kier alpha value is -2.21.